The molecule has 16 N–H and O–H groups in total. The number of carbonyl (C=O) groups excluding carboxylic acids is 7. The molecule has 1 aromatic heterocycles. The molecule has 22 nitrogen and oxygen atoms in total. The van der Waals surface area contributed by atoms with Gasteiger partial charge in [-0.1, -0.05) is 11.3 Å². The van der Waals surface area contributed by atoms with Crippen LogP contribution in [0.25, 0.3) is 0 Å². The van der Waals surface area contributed by atoms with Crippen molar-refractivity contribution in [2.75, 3.05) is 62.6 Å². The van der Waals surface area contributed by atoms with E-state index < -0.39 is 59.5 Å². The molecule has 23 heteroatoms. The number of nitrogens with one attached hydrogen (secondary N) is 6. The minimum atomic E-state index is -1.13. The Morgan fingerprint density at radius 3 is 1.20 bits per heavy atom. The smallest absolute Gasteiger partial charge is 0.263 e. The molecule has 0 aliphatic heterocycles. The van der Waals surface area contributed by atoms with Gasteiger partial charge >= 0.3 is 0 Å². The monoisotopic (exact) mass is 974 g/mol. The predicted molar refractivity (Wildman–Crippen MR) is 262 cm³/mol. The number of thiazole rings is 1. The van der Waals surface area contributed by atoms with Gasteiger partial charge in [0, 0.05) is 17.1 Å². The van der Waals surface area contributed by atoms with Crippen LogP contribution in [0.1, 0.15) is 98.5 Å². The number of hydrogen-bond donors (Lipinski definition) is 11. The Labute approximate surface area is 403 Å². The Bertz CT molecular complexity index is 2430. The number of methoxy groups -OCH3 is 3. The van der Waals surface area contributed by atoms with Crippen molar-refractivity contribution < 1.29 is 47.8 Å². The van der Waals surface area contributed by atoms with Crippen LogP contribution in [0.5, 0.6) is 17.2 Å². The lowest BCUT2D eigenvalue weighted by molar-refractivity contribution is -0.118. The highest BCUT2D eigenvalue weighted by Crippen LogP contribution is 2.27. The third-order valence-electron chi connectivity index (χ3n) is 10.6. The normalized spacial score (nSPS) is 12.1. The first-order chi connectivity index (χ1) is 33.2. The molecule has 0 fully saturated rings. The second-order valence-corrected chi connectivity index (χ2v) is 16.6. The van der Waals surface area contributed by atoms with Crippen LogP contribution in [0.4, 0.5) is 22.2 Å². The third-order valence-corrected chi connectivity index (χ3v) is 11.4. The van der Waals surface area contributed by atoms with Crippen molar-refractivity contribution in [3.63, 3.8) is 0 Å². The van der Waals surface area contributed by atoms with Crippen molar-refractivity contribution in [2.24, 2.45) is 22.9 Å². The Morgan fingerprint density at radius 1 is 0.536 bits per heavy atom. The molecule has 1 heterocycles. The molecule has 69 heavy (non-hydrogen) atoms. The number of hydrogen-bond acceptors (Lipinski definition) is 16. The zero-order valence-corrected chi connectivity index (χ0v) is 39.6. The van der Waals surface area contributed by atoms with Gasteiger partial charge in [-0.05, 0) is 132 Å². The summed E-state index contributed by atoms with van der Waals surface area (Å²) in [5, 5.41) is 16.7. The van der Waals surface area contributed by atoms with Gasteiger partial charge in [-0.3, -0.25) is 33.6 Å². The van der Waals surface area contributed by atoms with E-state index in [0.29, 0.717) is 58.2 Å². The molecule has 0 bridgehead atoms. The van der Waals surface area contributed by atoms with Crippen molar-refractivity contribution >= 4 is 74.9 Å². The van der Waals surface area contributed by atoms with Gasteiger partial charge in [0.15, 0.2) is 5.13 Å². The molecule has 0 saturated heterocycles. The molecular weight excluding hydrogens is 913 g/mol. The highest BCUT2D eigenvalue weighted by Gasteiger charge is 2.28. The van der Waals surface area contributed by atoms with Crippen molar-refractivity contribution in [2.45, 2.75) is 75.9 Å². The van der Waals surface area contributed by atoms with Gasteiger partial charge in [-0.2, -0.15) is 0 Å². The molecule has 4 aromatic rings. The van der Waals surface area contributed by atoms with E-state index in [2.05, 4.69) is 36.9 Å². The summed E-state index contributed by atoms with van der Waals surface area (Å²) in [5.74, 6) is -3.99. The molecule has 3 aromatic carbocycles. The molecule has 0 radical (unpaired) electrons. The molecule has 7 amide bonds. The number of rotatable bonds is 28. The van der Waals surface area contributed by atoms with Crippen molar-refractivity contribution in [3.05, 3.63) is 82.4 Å². The van der Waals surface area contributed by atoms with Crippen LogP contribution in [0.3, 0.4) is 0 Å². The quantitative estimate of drug-likeness (QED) is 0.0364. The summed E-state index contributed by atoms with van der Waals surface area (Å²) in [7, 11) is 4.09. The summed E-state index contributed by atoms with van der Waals surface area (Å²) < 4.78 is 16.2. The summed E-state index contributed by atoms with van der Waals surface area (Å²) >= 11 is 0.976. The van der Waals surface area contributed by atoms with Crippen LogP contribution in [0.15, 0.2) is 60.8 Å². The van der Waals surface area contributed by atoms with E-state index in [-0.39, 0.29) is 80.3 Å². The summed E-state index contributed by atoms with van der Waals surface area (Å²) in [6, 6.07) is 9.91. The van der Waals surface area contributed by atoms with Gasteiger partial charge in [0.25, 0.3) is 23.6 Å². The molecule has 0 aliphatic rings. The number of aromatic nitrogens is 1. The number of amides is 7. The fourth-order valence-corrected chi connectivity index (χ4v) is 7.56. The average molecular weight is 975 g/mol. The van der Waals surface area contributed by atoms with Crippen LogP contribution < -0.4 is 74.8 Å². The zero-order chi connectivity index (χ0) is 50.5. The summed E-state index contributed by atoms with van der Waals surface area (Å²) in [4.78, 5) is 98.3. The standard InChI is InChI=1S/C46H62N12O10S/c1-66-35-16-13-26(22-29(35)39(50)59)53-42(62)32(10-4-7-19-47)56-40(60)30-23-27(14-17-36(30)67-2)54-43(63)33(11-5-8-20-48)57-41(61)31-24-28(15-18-37(31)68-3)55-44(64)34(12-6-9-21-49)58-45(65)38-25-52-46(51)69-38/h13-18,22-25,32-34H,4-12,19-21,47-49H2,1-3H3,(H2,50,59)(H2,51,52)(H,53,62)(H,54,63)(H,55,64)(H,56,60)(H,57,61)(H,58,65)/t32-,33-,34-/m0/s1. The molecule has 372 valence electrons. The number of nitrogens with two attached hydrogens (primary N) is 5. The second kappa shape index (κ2) is 27.5. The number of unbranched alkanes of at least 4 members (excludes halogenated alkanes) is 3. The Kier molecular flexibility index (Phi) is 21.6. The largest absolute Gasteiger partial charge is 0.496 e. The van der Waals surface area contributed by atoms with Crippen LogP contribution in [0.2, 0.25) is 0 Å². The highest BCUT2D eigenvalue weighted by atomic mass is 32.1. The lowest BCUT2D eigenvalue weighted by Crippen LogP contribution is -2.44. The van der Waals surface area contributed by atoms with Gasteiger partial charge in [0.2, 0.25) is 17.7 Å². The van der Waals surface area contributed by atoms with E-state index in [4.69, 9.17) is 42.9 Å². The van der Waals surface area contributed by atoms with E-state index in [1.165, 1.54) is 82.1 Å². The maximum atomic E-state index is 14.0. The number of benzene rings is 3. The van der Waals surface area contributed by atoms with Crippen molar-refractivity contribution in [1.29, 1.82) is 0 Å². The molecule has 0 unspecified atom stereocenters. The first kappa shape index (κ1) is 54.3. The maximum Gasteiger partial charge on any atom is 0.263 e. The minimum Gasteiger partial charge on any atom is -0.496 e. The fraction of sp³-hybridized carbons (Fsp3) is 0.391. The van der Waals surface area contributed by atoms with E-state index in [1.54, 1.807) is 0 Å². The molecule has 0 spiro atoms. The van der Waals surface area contributed by atoms with E-state index in [9.17, 15) is 33.6 Å². The van der Waals surface area contributed by atoms with Crippen LogP contribution in [-0.4, -0.2) is 105 Å². The van der Waals surface area contributed by atoms with Gasteiger partial charge in [-0.15, -0.1) is 0 Å². The van der Waals surface area contributed by atoms with Gasteiger partial charge < -0.3 is 74.8 Å². The zero-order valence-electron chi connectivity index (χ0n) is 38.8. The van der Waals surface area contributed by atoms with E-state index in [0.717, 1.165) is 11.3 Å². The van der Waals surface area contributed by atoms with Crippen LogP contribution in [-0.2, 0) is 14.4 Å². The van der Waals surface area contributed by atoms with E-state index >= 15 is 0 Å². The summed E-state index contributed by atoms with van der Waals surface area (Å²) in [6.07, 6.45) is 5.17. The molecule has 0 saturated carbocycles. The number of nitrogens with zero attached hydrogens (tertiary/aromatic N) is 1. The fourth-order valence-electron chi connectivity index (χ4n) is 6.97. The Morgan fingerprint density at radius 2 is 0.884 bits per heavy atom. The van der Waals surface area contributed by atoms with Crippen LogP contribution >= 0.6 is 11.3 Å². The maximum absolute atomic E-state index is 14.0. The van der Waals surface area contributed by atoms with Crippen molar-refractivity contribution in [1.82, 2.24) is 20.9 Å². The van der Waals surface area contributed by atoms with Crippen molar-refractivity contribution in [3.8, 4) is 17.2 Å². The Balaban J connectivity index is 1.54. The van der Waals surface area contributed by atoms with Gasteiger partial charge in [0.1, 0.15) is 40.3 Å². The van der Waals surface area contributed by atoms with E-state index in [1.807, 2.05) is 0 Å². The number of anilines is 4. The molecule has 4 rings (SSSR count). The average Bonchev–Trinajstić information content (AvgIpc) is 3.79. The second-order valence-electron chi connectivity index (χ2n) is 15.6. The lowest BCUT2D eigenvalue weighted by atomic mass is 10.1. The summed E-state index contributed by atoms with van der Waals surface area (Å²) in [5.41, 5.74) is 29.0. The molecular formula is C46H62N12O10S. The first-order valence-corrected chi connectivity index (χ1v) is 23.0. The van der Waals surface area contributed by atoms with Gasteiger partial charge in [0.05, 0.1) is 44.2 Å². The Hall–Kier alpha value is -7.34. The number of primary amides is 1. The summed E-state index contributed by atoms with van der Waals surface area (Å²) in [6.45, 7) is 1.08. The third kappa shape index (κ3) is 16.2. The topological polar surface area (TPSA) is 362 Å². The van der Waals surface area contributed by atoms with Crippen LogP contribution in [0, 0.1) is 0 Å². The number of nitrogen functional groups attached to an aromatic ring is 1. The molecule has 3 atom stereocenters. The van der Waals surface area contributed by atoms with Gasteiger partial charge in [-0.25, -0.2) is 4.98 Å². The SMILES string of the molecule is COc1ccc(NC(=O)[C@H](CCCCN)NC(=O)c2cc(NC(=O)[C@H](CCCCN)NC(=O)c3cc(NC(=O)[C@H](CCCCN)NC(=O)c4cnc(N)s4)ccc3OC)ccc2OC)cc1C(N)=O. The molecule has 0 aliphatic carbocycles. The lowest BCUT2D eigenvalue weighted by Gasteiger charge is -2.21. The highest BCUT2D eigenvalue weighted by molar-refractivity contribution is 7.17. The predicted octanol–water partition coefficient (Wildman–Crippen LogP) is 2.45. The number of ether oxygens (including phenoxy) is 3. The number of carbonyl (C=O) groups is 7. The first-order valence-electron chi connectivity index (χ1n) is 22.2. The minimum absolute atomic E-state index is 0.00969.